The zero-order valence-electron chi connectivity index (χ0n) is 11.1. The van der Waals surface area contributed by atoms with Gasteiger partial charge >= 0.3 is 0 Å². The number of ether oxygens (including phenoxy) is 1. The summed E-state index contributed by atoms with van der Waals surface area (Å²) < 4.78 is 5.38. The molecular weight excluding hydrogens is 240 g/mol. The van der Waals surface area contributed by atoms with Gasteiger partial charge in [-0.15, -0.1) is 0 Å². The molecule has 0 unspecified atom stereocenters. The van der Waals surface area contributed by atoms with Crippen molar-refractivity contribution in [3.63, 3.8) is 0 Å². The number of nitriles is 1. The largest absolute Gasteiger partial charge is 0.493 e. The predicted molar refractivity (Wildman–Crippen MR) is 74.5 cm³/mol. The van der Waals surface area contributed by atoms with E-state index >= 15 is 0 Å². The smallest absolute Gasteiger partial charge is 0.216 e. The number of nitrogens with zero attached hydrogens (tertiary/aromatic N) is 1. The summed E-state index contributed by atoms with van der Waals surface area (Å²) in [6.45, 7) is 2.58. The third-order valence-electron chi connectivity index (χ3n) is 2.36. The lowest BCUT2D eigenvalue weighted by atomic mass is 10.2. The Balaban J connectivity index is 2.33. The van der Waals surface area contributed by atoms with Crippen LogP contribution in [0.3, 0.4) is 0 Å². The second-order valence-electron chi connectivity index (χ2n) is 4.00. The monoisotopic (exact) mass is 258 g/mol. The van der Waals surface area contributed by atoms with Crippen LogP contribution in [0.25, 0.3) is 6.08 Å². The topological polar surface area (TPSA) is 62.1 Å². The summed E-state index contributed by atoms with van der Waals surface area (Å²) in [5.74, 6) is 0.762. The molecule has 100 valence electrons. The van der Waals surface area contributed by atoms with Crippen LogP contribution in [0.2, 0.25) is 0 Å². The second kappa shape index (κ2) is 8.76. The van der Waals surface area contributed by atoms with Gasteiger partial charge in [-0.25, -0.2) is 0 Å². The van der Waals surface area contributed by atoms with Crippen LogP contribution in [0, 0.1) is 11.3 Å². The van der Waals surface area contributed by atoms with E-state index in [-0.39, 0.29) is 5.91 Å². The van der Waals surface area contributed by atoms with Crippen molar-refractivity contribution < 1.29 is 9.53 Å². The van der Waals surface area contributed by atoms with E-state index in [1.165, 1.54) is 6.92 Å². The minimum atomic E-state index is -0.00716. The van der Waals surface area contributed by atoms with E-state index in [0.717, 1.165) is 17.7 Å². The maximum Gasteiger partial charge on any atom is 0.216 e. The first-order valence-electron chi connectivity index (χ1n) is 6.23. The first-order valence-corrected chi connectivity index (χ1v) is 6.23. The highest BCUT2D eigenvalue weighted by atomic mass is 16.5. The minimum Gasteiger partial charge on any atom is -0.493 e. The number of hydrogen-bond acceptors (Lipinski definition) is 3. The quantitative estimate of drug-likeness (QED) is 0.764. The van der Waals surface area contributed by atoms with Gasteiger partial charge in [0.2, 0.25) is 5.91 Å². The fraction of sp³-hybridized carbons (Fsp3) is 0.333. The van der Waals surface area contributed by atoms with Gasteiger partial charge in [0.05, 0.1) is 12.5 Å². The van der Waals surface area contributed by atoms with E-state index in [4.69, 9.17) is 10.00 Å². The van der Waals surface area contributed by atoms with Crippen LogP contribution < -0.4 is 10.1 Å². The van der Waals surface area contributed by atoms with E-state index in [1.807, 2.05) is 42.5 Å². The van der Waals surface area contributed by atoms with E-state index in [9.17, 15) is 4.79 Å². The lowest BCUT2D eigenvalue weighted by molar-refractivity contribution is -0.118. The van der Waals surface area contributed by atoms with Crippen LogP contribution in [0.1, 0.15) is 25.3 Å². The zero-order chi connectivity index (χ0) is 13.9. The van der Waals surface area contributed by atoms with Gasteiger partial charge in [0, 0.05) is 13.5 Å². The molecule has 0 aliphatic heterocycles. The van der Waals surface area contributed by atoms with E-state index in [1.54, 1.807) is 0 Å². The molecule has 1 N–H and O–H groups in total. The Morgan fingerprint density at radius 1 is 1.42 bits per heavy atom. The van der Waals surface area contributed by atoms with Gasteiger partial charge in [-0.1, -0.05) is 24.3 Å². The van der Waals surface area contributed by atoms with Crippen LogP contribution in [-0.2, 0) is 4.79 Å². The standard InChI is InChI=1S/C15H18N2O2/c1-13(18)17-11-3-2-5-14-6-8-15(9-7-14)19-12-4-10-16/h2,5-9H,3-4,11-12H2,1H3,(H,17,18). The van der Waals surface area contributed by atoms with Crippen molar-refractivity contribution in [1.82, 2.24) is 5.32 Å². The van der Waals surface area contributed by atoms with E-state index < -0.39 is 0 Å². The van der Waals surface area contributed by atoms with E-state index in [0.29, 0.717) is 19.6 Å². The zero-order valence-corrected chi connectivity index (χ0v) is 11.1. The molecule has 0 bridgehead atoms. The summed E-state index contributed by atoms with van der Waals surface area (Å²) >= 11 is 0. The number of carbonyl (C=O) groups is 1. The molecule has 0 radical (unpaired) electrons. The average Bonchev–Trinajstić information content (AvgIpc) is 2.40. The second-order valence-corrected chi connectivity index (χ2v) is 4.00. The van der Waals surface area contributed by atoms with Gasteiger partial charge in [0.25, 0.3) is 0 Å². The van der Waals surface area contributed by atoms with Gasteiger partial charge in [-0.05, 0) is 24.1 Å². The third-order valence-corrected chi connectivity index (χ3v) is 2.36. The molecule has 0 saturated carbocycles. The highest BCUT2D eigenvalue weighted by molar-refractivity contribution is 5.72. The molecule has 1 aromatic rings. The van der Waals surface area contributed by atoms with Crippen molar-refractivity contribution in [1.29, 1.82) is 5.26 Å². The summed E-state index contributed by atoms with van der Waals surface area (Å²) in [5.41, 5.74) is 1.08. The molecule has 1 aromatic carbocycles. The van der Waals surface area contributed by atoms with Gasteiger partial charge in [-0.2, -0.15) is 5.26 Å². The van der Waals surface area contributed by atoms with Crippen LogP contribution >= 0.6 is 0 Å². The van der Waals surface area contributed by atoms with Gasteiger partial charge in [0.15, 0.2) is 0 Å². The number of carbonyl (C=O) groups excluding carboxylic acids is 1. The average molecular weight is 258 g/mol. The summed E-state index contributed by atoms with van der Waals surface area (Å²) in [6.07, 6.45) is 5.22. The molecule has 0 spiro atoms. The van der Waals surface area contributed by atoms with Crippen molar-refractivity contribution in [2.45, 2.75) is 19.8 Å². The van der Waals surface area contributed by atoms with Crippen LogP contribution in [-0.4, -0.2) is 19.1 Å². The summed E-state index contributed by atoms with van der Waals surface area (Å²) in [7, 11) is 0. The SMILES string of the molecule is CC(=O)NCCC=Cc1ccc(OCCC#N)cc1. The molecule has 19 heavy (non-hydrogen) atoms. The Hall–Kier alpha value is -2.28. The van der Waals surface area contributed by atoms with Gasteiger partial charge < -0.3 is 10.1 Å². The molecule has 0 saturated heterocycles. The molecule has 0 fully saturated rings. The molecule has 1 rings (SSSR count). The predicted octanol–water partition coefficient (Wildman–Crippen LogP) is 2.52. The number of benzene rings is 1. The lowest BCUT2D eigenvalue weighted by Gasteiger charge is -2.03. The van der Waals surface area contributed by atoms with Crippen molar-refractivity contribution in [3.05, 3.63) is 35.9 Å². The fourth-order valence-electron chi connectivity index (χ4n) is 1.44. The first-order chi connectivity index (χ1) is 9.22. The Kier molecular flexibility index (Phi) is 6.81. The molecule has 0 aliphatic carbocycles. The Labute approximate surface area is 113 Å². The maximum absolute atomic E-state index is 10.7. The molecular formula is C15H18N2O2. The van der Waals surface area contributed by atoms with Crippen LogP contribution in [0.4, 0.5) is 0 Å². The van der Waals surface area contributed by atoms with Gasteiger partial charge in [-0.3, -0.25) is 4.79 Å². The van der Waals surface area contributed by atoms with Crippen LogP contribution in [0.15, 0.2) is 30.3 Å². The fourth-order valence-corrected chi connectivity index (χ4v) is 1.44. The van der Waals surface area contributed by atoms with Crippen molar-refractivity contribution in [3.8, 4) is 11.8 Å². The van der Waals surface area contributed by atoms with Crippen molar-refractivity contribution >= 4 is 12.0 Å². The maximum atomic E-state index is 10.7. The number of hydrogen-bond donors (Lipinski definition) is 1. The lowest BCUT2D eigenvalue weighted by Crippen LogP contribution is -2.20. The van der Waals surface area contributed by atoms with E-state index in [2.05, 4.69) is 5.32 Å². The Morgan fingerprint density at radius 2 is 2.16 bits per heavy atom. The summed E-state index contributed by atoms with van der Waals surface area (Å²) in [4.78, 5) is 10.7. The molecule has 0 aromatic heterocycles. The Bertz CT molecular complexity index is 458. The number of nitrogens with one attached hydrogen (secondary N) is 1. The molecule has 1 amide bonds. The molecule has 4 heteroatoms. The van der Waals surface area contributed by atoms with Crippen LogP contribution in [0.5, 0.6) is 5.75 Å². The summed E-state index contributed by atoms with van der Waals surface area (Å²) in [6, 6.07) is 9.70. The highest BCUT2D eigenvalue weighted by Gasteiger charge is 1.93. The molecule has 0 atom stereocenters. The minimum absolute atomic E-state index is 0.00716. The van der Waals surface area contributed by atoms with Gasteiger partial charge in [0.1, 0.15) is 12.4 Å². The third kappa shape index (κ3) is 6.89. The highest BCUT2D eigenvalue weighted by Crippen LogP contribution is 2.13. The molecule has 0 aliphatic rings. The van der Waals surface area contributed by atoms with Crippen molar-refractivity contribution in [2.24, 2.45) is 0 Å². The normalized spacial score (nSPS) is 10.1. The Morgan fingerprint density at radius 3 is 2.79 bits per heavy atom. The molecule has 4 nitrogen and oxygen atoms in total. The first kappa shape index (κ1) is 14.8. The number of rotatable bonds is 7. The molecule has 0 heterocycles. The summed E-state index contributed by atoms with van der Waals surface area (Å²) in [5, 5.41) is 11.1. The number of amides is 1. The van der Waals surface area contributed by atoms with Crippen molar-refractivity contribution in [2.75, 3.05) is 13.2 Å².